The molecule has 0 amide bonds. The third-order valence-corrected chi connectivity index (χ3v) is 6.46. The molecule has 2 aliphatic heterocycles. The fraction of sp³-hybridized carbons (Fsp3) is 0.227. The summed E-state index contributed by atoms with van der Waals surface area (Å²) in [7, 11) is 0. The van der Waals surface area contributed by atoms with E-state index in [1.807, 2.05) is 60.6 Å². The zero-order valence-electron chi connectivity index (χ0n) is 15.8. The van der Waals surface area contributed by atoms with Gasteiger partial charge in [0.05, 0.1) is 17.3 Å². The second-order valence-electron chi connectivity index (χ2n) is 7.29. The molecule has 3 aromatic rings. The van der Waals surface area contributed by atoms with Gasteiger partial charge in [-0.3, -0.25) is 9.98 Å². The van der Waals surface area contributed by atoms with Gasteiger partial charge in [-0.2, -0.15) is 0 Å². The Kier molecular flexibility index (Phi) is 4.39. The monoisotopic (exact) mass is 404 g/mol. The number of amidine groups is 1. The second kappa shape index (κ2) is 7.08. The molecule has 1 saturated heterocycles. The number of hydrogen-bond acceptors (Lipinski definition) is 5. The number of carboxylic acid groups (broad SMARTS) is 1. The average Bonchev–Trinajstić information content (AvgIpc) is 3.42. The van der Waals surface area contributed by atoms with Gasteiger partial charge in [0.2, 0.25) is 0 Å². The van der Waals surface area contributed by atoms with E-state index in [9.17, 15) is 9.90 Å². The standard InChI is InChI=1S/C22H20N4O2S/c1-14-13-26-20(19(24-22(26)29-14)17-5-2-3-11-23-17)18-6-4-12-25(18)16-9-7-15(8-10-16)21(27)28/h2-12,14,19-20H,13H2,1H3,(H,27,28). The molecule has 1 aromatic carbocycles. The lowest BCUT2D eigenvalue weighted by atomic mass is 10.0. The summed E-state index contributed by atoms with van der Waals surface area (Å²) in [6.45, 7) is 3.17. The molecule has 3 atom stereocenters. The van der Waals surface area contributed by atoms with Crippen molar-refractivity contribution in [3.8, 4) is 5.69 Å². The molecule has 3 unspecified atom stereocenters. The van der Waals surface area contributed by atoms with Crippen LogP contribution in [0.2, 0.25) is 0 Å². The largest absolute Gasteiger partial charge is 0.478 e. The molecule has 0 saturated carbocycles. The molecule has 6 nitrogen and oxygen atoms in total. The predicted octanol–water partition coefficient (Wildman–Crippen LogP) is 4.16. The summed E-state index contributed by atoms with van der Waals surface area (Å²) in [6.07, 6.45) is 3.83. The summed E-state index contributed by atoms with van der Waals surface area (Å²) in [5.41, 5.74) is 3.30. The van der Waals surface area contributed by atoms with Crippen molar-refractivity contribution in [1.29, 1.82) is 0 Å². The van der Waals surface area contributed by atoms with Crippen molar-refractivity contribution in [3.63, 3.8) is 0 Å². The molecular weight excluding hydrogens is 384 g/mol. The van der Waals surface area contributed by atoms with Gasteiger partial charge in [-0.1, -0.05) is 24.8 Å². The Hall–Kier alpha value is -3.06. The maximum atomic E-state index is 11.2. The van der Waals surface area contributed by atoms with Crippen LogP contribution in [-0.2, 0) is 0 Å². The average molecular weight is 404 g/mol. The topological polar surface area (TPSA) is 70.7 Å². The quantitative estimate of drug-likeness (QED) is 0.707. The van der Waals surface area contributed by atoms with Gasteiger partial charge in [0.25, 0.3) is 0 Å². The van der Waals surface area contributed by atoms with E-state index in [4.69, 9.17) is 4.99 Å². The normalized spacial score (nSPS) is 23.1. The van der Waals surface area contributed by atoms with Crippen molar-refractivity contribution in [1.82, 2.24) is 14.5 Å². The Bertz CT molecular complexity index is 1080. The van der Waals surface area contributed by atoms with E-state index in [1.54, 1.807) is 12.1 Å². The minimum Gasteiger partial charge on any atom is -0.478 e. The number of aromatic carboxylic acids is 1. The van der Waals surface area contributed by atoms with Crippen LogP contribution in [0.25, 0.3) is 5.69 Å². The van der Waals surface area contributed by atoms with Gasteiger partial charge in [-0.25, -0.2) is 4.79 Å². The molecule has 1 N–H and O–H groups in total. The molecule has 4 heterocycles. The summed E-state index contributed by atoms with van der Waals surface area (Å²) in [5.74, 6) is -0.920. The van der Waals surface area contributed by atoms with Crippen LogP contribution >= 0.6 is 11.8 Å². The minimum absolute atomic E-state index is 0.0477. The fourth-order valence-corrected chi connectivity index (χ4v) is 5.17. The molecule has 2 aromatic heterocycles. The number of carbonyl (C=O) groups is 1. The lowest BCUT2D eigenvalue weighted by Crippen LogP contribution is -2.30. The molecule has 5 rings (SSSR count). The third kappa shape index (κ3) is 3.11. The van der Waals surface area contributed by atoms with Gasteiger partial charge in [-0.15, -0.1) is 0 Å². The van der Waals surface area contributed by atoms with Crippen molar-refractivity contribution in [2.24, 2.45) is 4.99 Å². The highest BCUT2D eigenvalue weighted by atomic mass is 32.2. The maximum absolute atomic E-state index is 11.2. The lowest BCUT2D eigenvalue weighted by Gasteiger charge is -2.28. The summed E-state index contributed by atoms with van der Waals surface area (Å²) in [4.78, 5) is 23.2. The van der Waals surface area contributed by atoms with E-state index < -0.39 is 5.97 Å². The number of nitrogens with zero attached hydrogens (tertiary/aromatic N) is 4. The molecule has 0 bridgehead atoms. The van der Waals surface area contributed by atoms with E-state index in [2.05, 4.69) is 27.4 Å². The summed E-state index contributed by atoms with van der Waals surface area (Å²) in [6, 6.07) is 17.1. The summed E-state index contributed by atoms with van der Waals surface area (Å²) in [5, 5.41) is 10.8. The van der Waals surface area contributed by atoms with Gasteiger partial charge >= 0.3 is 5.97 Å². The molecule has 1 fully saturated rings. The van der Waals surface area contributed by atoms with E-state index in [0.717, 1.165) is 28.8 Å². The number of pyridine rings is 1. The molecule has 0 spiro atoms. The second-order valence-corrected chi connectivity index (χ2v) is 8.70. The number of aliphatic imine (C=N–C) groups is 1. The van der Waals surface area contributed by atoms with Crippen LogP contribution in [0, 0.1) is 0 Å². The Morgan fingerprint density at radius 3 is 2.69 bits per heavy atom. The van der Waals surface area contributed by atoms with Gasteiger partial charge in [-0.05, 0) is 48.5 Å². The van der Waals surface area contributed by atoms with Crippen molar-refractivity contribution < 1.29 is 9.90 Å². The van der Waals surface area contributed by atoms with Crippen molar-refractivity contribution in [3.05, 3.63) is 83.9 Å². The fourth-order valence-electron chi connectivity index (χ4n) is 4.07. The van der Waals surface area contributed by atoms with Crippen LogP contribution in [0.3, 0.4) is 0 Å². The van der Waals surface area contributed by atoms with Crippen molar-refractivity contribution in [2.45, 2.75) is 24.3 Å². The van der Waals surface area contributed by atoms with Crippen LogP contribution < -0.4 is 0 Å². The predicted molar refractivity (Wildman–Crippen MR) is 114 cm³/mol. The smallest absolute Gasteiger partial charge is 0.335 e. The van der Waals surface area contributed by atoms with E-state index in [1.165, 1.54) is 0 Å². The number of hydrogen-bond donors (Lipinski definition) is 1. The van der Waals surface area contributed by atoms with Gasteiger partial charge in [0, 0.05) is 35.6 Å². The van der Waals surface area contributed by atoms with Crippen molar-refractivity contribution in [2.75, 3.05) is 6.54 Å². The van der Waals surface area contributed by atoms with E-state index in [0.29, 0.717) is 5.25 Å². The number of benzene rings is 1. The highest BCUT2D eigenvalue weighted by Gasteiger charge is 2.44. The molecule has 2 aliphatic rings. The highest BCUT2D eigenvalue weighted by molar-refractivity contribution is 8.14. The van der Waals surface area contributed by atoms with Crippen molar-refractivity contribution >= 4 is 22.9 Å². The van der Waals surface area contributed by atoms with Gasteiger partial charge in [0.1, 0.15) is 6.04 Å². The van der Waals surface area contributed by atoms with Crippen LogP contribution in [0.15, 0.2) is 72.0 Å². The zero-order valence-corrected chi connectivity index (χ0v) is 16.7. The Balaban J connectivity index is 1.57. The van der Waals surface area contributed by atoms with Gasteiger partial charge in [0.15, 0.2) is 5.17 Å². The molecule has 0 radical (unpaired) electrons. The van der Waals surface area contributed by atoms with E-state index >= 15 is 0 Å². The molecule has 7 heteroatoms. The van der Waals surface area contributed by atoms with Crippen LogP contribution in [0.1, 0.15) is 40.8 Å². The summed E-state index contributed by atoms with van der Waals surface area (Å²) >= 11 is 1.82. The molecule has 146 valence electrons. The maximum Gasteiger partial charge on any atom is 0.335 e. The lowest BCUT2D eigenvalue weighted by molar-refractivity contribution is 0.0697. The first kappa shape index (κ1) is 18.0. The first-order valence-corrected chi connectivity index (χ1v) is 10.4. The number of fused-ring (bicyclic) bond motifs is 1. The number of aromatic nitrogens is 2. The molecule has 29 heavy (non-hydrogen) atoms. The number of thioether (sulfide) groups is 1. The SMILES string of the molecule is CC1CN2C(=NC(c3ccccn3)C2c2cccn2-c2ccc(C(=O)O)cc2)S1. The first-order chi connectivity index (χ1) is 14.1. The zero-order chi connectivity index (χ0) is 20.0. The minimum atomic E-state index is -0.920. The molecular formula is C22H20N4O2S. The van der Waals surface area contributed by atoms with E-state index in [-0.39, 0.29) is 17.6 Å². The number of rotatable bonds is 4. The highest BCUT2D eigenvalue weighted by Crippen LogP contribution is 2.47. The van der Waals surface area contributed by atoms with Crippen LogP contribution in [0.5, 0.6) is 0 Å². The summed E-state index contributed by atoms with van der Waals surface area (Å²) < 4.78 is 2.12. The molecule has 0 aliphatic carbocycles. The Morgan fingerprint density at radius 1 is 1.14 bits per heavy atom. The van der Waals surface area contributed by atoms with Crippen LogP contribution in [0.4, 0.5) is 0 Å². The third-order valence-electron chi connectivity index (χ3n) is 5.36. The first-order valence-electron chi connectivity index (χ1n) is 9.55. The van der Waals surface area contributed by atoms with Gasteiger partial charge < -0.3 is 14.6 Å². The Labute approximate surface area is 172 Å². The Morgan fingerprint density at radius 2 is 1.97 bits per heavy atom. The number of carboxylic acids is 1. The van der Waals surface area contributed by atoms with Crippen LogP contribution in [-0.4, -0.2) is 42.5 Å².